The normalized spacial score (nSPS) is 26.1. The third-order valence-corrected chi connectivity index (χ3v) is 5.48. The molecule has 2 amide bonds. The Labute approximate surface area is 143 Å². The van der Waals surface area contributed by atoms with E-state index < -0.39 is 0 Å². The van der Waals surface area contributed by atoms with Crippen molar-refractivity contribution < 1.29 is 14.3 Å². The number of ether oxygens (including phenoxy) is 1. The minimum absolute atomic E-state index is 0.0290. The van der Waals surface area contributed by atoms with Gasteiger partial charge in [0.05, 0.1) is 0 Å². The first-order valence-corrected chi connectivity index (χ1v) is 8.89. The summed E-state index contributed by atoms with van der Waals surface area (Å²) in [5.74, 6) is 0.863. The summed E-state index contributed by atoms with van der Waals surface area (Å²) >= 11 is 0. The average molecular weight is 330 g/mol. The standard InChI is InChI=1S/C19H26N2O3/c1-2-21-16-9-6-11-19(16,12-10-18(21)23)14-20-17(22)13-24-15-7-4-3-5-8-15/h3-5,7-8,16H,2,6,9-14H2,1H3,(H,20,22)/t16-,19+/m1/s1. The molecule has 0 radical (unpaired) electrons. The van der Waals surface area contributed by atoms with Crippen LogP contribution in [0.3, 0.4) is 0 Å². The third-order valence-electron chi connectivity index (χ3n) is 5.48. The number of fused-ring (bicyclic) bond motifs is 1. The van der Waals surface area contributed by atoms with E-state index in [4.69, 9.17) is 4.74 Å². The van der Waals surface area contributed by atoms with Crippen LogP contribution in [0.15, 0.2) is 30.3 Å². The molecule has 0 spiro atoms. The summed E-state index contributed by atoms with van der Waals surface area (Å²) in [7, 11) is 0. The molecule has 0 aromatic heterocycles. The summed E-state index contributed by atoms with van der Waals surface area (Å²) in [6.07, 6.45) is 4.75. The zero-order valence-electron chi connectivity index (χ0n) is 14.3. The summed E-state index contributed by atoms with van der Waals surface area (Å²) in [5.41, 5.74) is 0.0479. The molecular weight excluding hydrogens is 304 g/mol. The Morgan fingerprint density at radius 3 is 2.88 bits per heavy atom. The van der Waals surface area contributed by atoms with Crippen LogP contribution >= 0.6 is 0 Å². The maximum absolute atomic E-state index is 12.1. The van der Waals surface area contributed by atoms with Crippen molar-refractivity contribution in [2.24, 2.45) is 5.41 Å². The Hall–Kier alpha value is -2.04. The highest BCUT2D eigenvalue weighted by Crippen LogP contribution is 2.47. The maximum atomic E-state index is 12.1. The number of carbonyl (C=O) groups is 2. The SMILES string of the molecule is CCN1C(=O)CC[C@]2(CNC(=O)COc3ccccc3)CCC[C@@H]12. The molecule has 1 heterocycles. The number of para-hydroxylation sites is 1. The Balaban J connectivity index is 1.55. The van der Waals surface area contributed by atoms with Crippen molar-refractivity contribution in [1.29, 1.82) is 0 Å². The van der Waals surface area contributed by atoms with Gasteiger partial charge < -0.3 is 15.0 Å². The van der Waals surface area contributed by atoms with Gasteiger partial charge in [-0.1, -0.05) is 24.6 Å². The molecule has 1 N–H and O–H groups in total. The van der Waals surface area contributed by atoms with E-state index in [1.165, 1.54) is 0 Å². The van der Waals surface area contributed by atoms with E-state index in [9.17, 15) is 9.59 Å². The van der Waals surface area contributed by atoms with Gasteiger partial charge in [0.2, 0.25) is 5.91 Å². The minimum Gasteiger partial charge on any atom is -0.484 e. The molecule has 5 nitrogen and oxygen atoms in total. The molecule has 1 saturated carbocycles. The van der Waals surface area contributed by atoms with Gasteiger partial charge in [-0.25, -0.2) is 0 Å². The second-order valence-electron chi connectivity index (χ2n) is 6.83. The molecule has 3 rings (SSSR count). The highest BCUT2D eigenvalue weighted by Gasteiger charge is 2.49. The molecule has 2 fully saturated rings. The van der Waals surface area contributed by atoms with Gasteiger partial charge in [0.15, 0.2) is 6.61 Å². The number of carbonyl (C=O) groups excluding carboxylic acids is 2. The van der Waals surface area contributed by atoms with E-state index in [1.54, 1.807) is 0 Å². The van der Waals surface area contributed by atoms with Crippen LogP contribution in [0, 0.1) is 5.41 Å². The lowest BCUT2D eigenvalue weighted by atomic mass is 9.74. The number of likely N-dealkylation sites (tertiary alicyclic amines) is 1. The fraction of sp³-hybridized carbons (Fsp3) is 0.579. The number of piperidine rings is 1. The minimum atomic E-state index is -0.0983. The molecule has 1 saturated heterocycles. The fourth-order valence-corrected chi connectivity index (χ4v) is 4.25. The Bertz CT molecular complexity index is 590. The van der Waals surface area contributed by atoms with E-state index in [-0.39, 0.29) is 29.9 Å². The van der Waals surface area contributed by atoms with Crippen molar-refractivity contribution >= 4 is 11.8 Å². The van der Waals surface area contributed by atoms with Gasteiger partial charge in [-0.3, -0.25) is 9.59 Å². The van der Waals surface area contributed by atoms with Crippen LogP contribution in [0.5, 0.6) is 5.75 Å². The lowest BCUT2D eigenvalue weighted by molar-refractivity contribution is -0.141. The van der Waals surface area contributed by atoms with E-state index >= 15 is 0 Å². The van der Waals surface area contributed by atoms with Gasteiger partial charge in [0.25, 0.3) is 5.91 Å². The number of amides is 2. The van der Waals surface area contributed by atoms with Crippen molar-refractivity contribution in [1.82, 2.24) is 10.2 Å². The van der Waals surface area contributed by atoms with Crippen LogP contribution in [0.1, 0.15) is 39.0 Å². The van der Waals surface area contributed by atoms with Crippen LogP contribution in [0.25, 0.3) is 0 Å². The predicted octanol–water partition coefficient (Wildman–Crippen LogP) is 2.36. The number of rotatable bonds is 6. The Morgan fingerprint density at radius 1 is 1.33 bits per heavy atom. The highest BCUT2D eigenvalue weighted by molar-refractivity contribution is 5.79. The van der Waals surface area contributed by atoms with Crippen LogP contribution in [-0.4, -0.2) is 42.5 Å². The molecule has 0 unspecified atom stereocenters. The second-order valence-corrected chi connectivity index (χ2v) is 6.83. The first-order chi connectivity index (χ1) is 11.6. The molecule has 24 heavy (non-hydrogen) atoms. The molecule has 2 atom stereocenters. The molecule has 1 aliphatic heterocycles. The first kappa shape index (κ1) is 16.8. The summed E-state index contributed by atoms with van der Waals surface area (Å²) < 4.78 is 5.50. The molecule has 1 aliphatic carbocycles. The Morgan fingerprint density at radius 2 is 2.12 bits per heavy atom. The quantitative estimate of drug-likeness (QED) is 0.871. The summed E-state index contributed by atoms with van der Waals surface area (Å²) in [4.78, 5) is 26.3. The zero-order valence-corrected chi connectivity index (χ0v) is 14.3. The average Bonchev–Trinajstić information content (AvgIpc) is 3.03. The van der Waals surface area contributed by atoms with Crippen LogP contribution in [0.2, 0.25) is 0 Å². The van der Waals surface area contributed by atoms with E-state index in [1.807, 2.05) is 42.2 Å². The molecule has 130 valence electrons. The van der Waals surface area contributed by atoms with Crippen LogP contribution < -0.4 is 10.1 Å². The first-order valence-electron chi connectivity index (χ1n) is 8.89. The van der Waals surface area contributed by atoms with E-state index in [0.29, 0.717) is 18.7 Å². The van der Waals surface area contributed by atoms with Gasteiger partial charge in [-0.15, -0.1) is 0 Å². The van der Waals surface area contributed by atoms with Crippen LogP contribution in [0.4, 0.5) is 0 Å². The third kappa shape index (κ3) is 3.40. The van der Waals surface area contributed by atoms with Gasteiger partial charge in [0.1, 0.15) is 5.75 Å². The van der Waals surface area contributed by atoms with Crippen molar-refractivity contribution in [2.45, 2.75) is 45.1 Å². The molecule has 1 aromatic carbocycles. The summed E-state index contributed by atoms with van der Waals surface area (Å²) in [5, 5.41) is 3.04. The van der Waals surface area contributed by atoms with Crippen molar-refractivity contribution in [3.63, 3.8) is 0 Å². The van der Waals surface area contributed by atoms with Gasteiger partial charge in [0, 0.05) is 31.0 Å². The highest BCUT2D eigenvalue weighted by atomic mass is 16.5. The molecule has 0 bridgehead atoms. The van der Waals surface area contributed by atoms with Gasteiger partial charge in [-0.05, 0) is 38.3 Å². The second kappa shape index (κ2) is 7.24. The van der Waals surface area contributed by atoms with E-state index in [0.717, 1.165) is 32.2 Å². The number of hydrogen-bond acceptors (Lipinski definition) is 3. The van der Waals surface area contributed by atoms with Crippen molar-refractivity contribution in [2.75, 3.05) is 19.7 Å². The Kier molecular flexibility index (Phi) is 5.07. The number of benzene rings is 1. The number of hydrogen-bond donors (Lipinski definition) is 1. The summed E-state index contributed by atoms with van der Waals surface area (Å²) in [6.45, 7) is 3.47. The number of nitrogens with zero attached hydrogens (tertiary/aromatic N) is 1. The lowest BCUT2D eigenvalue weighted by Gasteiger charge is -2.46. The maximum Gasteiger partial charge on any atom is 0.257 e. The van der Waals surface area contributed by atoms with Gasteiger partial charge >= 0.3 is 0 Å². The lowest BCUT2D eigenvalue weighted by Crippen LogP contribution is -2.56. The smallest absolute Gasteiger partial charge is 0.257 e. The summed E-state index contributed by atoms with van der Waals surface area (Å²) in [6, 6.07) is 9.63. The molecule has 2 aliphatic rings. The topological polar surface area (TPSA) is 58.6 Å². The van der Waals surface area contributed by atoms with Crippen LogP contribution in [-0.2, 0) is 9.59 Å². The van der Waals surface area contributed by atoms with Gasteiger partial charge in [-0.2, -0.15) is 0 Å². The largest absolute Gasteiger partial charge is 0.484 e. The molecule has 5 heteroatoms. The fourth-order valence-electron chi connectivity index (χ4n) is 4.25. The zero-order chi connectivity index (χ0) is 17.0. The molecule has 1 aromatic rings. The monoisotopic (exact) mass is 330 g/mol. The predicted molar refractivity (Wildman–Crippen MR) is 91.6 cm³/mol. The van der Waals surface area contributed by atoms with Crippen molar-refractivity contribution in [3.8, 4) is 5.75 Å². The number of nitrogens with one attached hydrogen (secondary N) is 1. The molecular formula is C19H26N2O3. The van der Waals surface area contributed by atoms with E-state index in [2.05, 4.69) is 5.32 Å². The van der Waals surface area contributed by atoms with Crippen molar-refractivity contribution in [3.05, 3.63) is 30.3 Å².